The van der Waals surface area contributed by atoms with E-state index < -0.39 is 15.8 Å². The van der Waals surface area contributed by atoms with E-state index in [-0.39, 0.29) is 23.0 Å². The molecule has 0 radical (unpaired) electrons. The highest BCUT2D eigenvalue weighted by Gasteiger charge is 2.36. The molecule has 1 heterocycles. The topological polar surface area (TPSA) is 89.3 Å². The van der Waals surface area contributed by atoms with Crippen molar-refractivity contribution in [2.75, 3.05) is 18.1 Å². The maximum atomic E-state index is 12.0. The van der Waals surface area contributed by atoms with Gasteiger partial charge in [0.25, 0.3) is 0 Å². The van der Waals surface area contributed by atoms with Crippen molar-refractivity contribution in [1.82, 2.24) is 5.32 Å². The predicted octanol–water partition coefficient (Wildman–Crippen LogP) is 0.0548. The van der Waals surface area contributed by atoms with E-state index in [0.29, 0.717) is 13.0 Å². The molecule has 0 saturated carbocycles. The third-order valence-electron chi connectivity index (χ3n) is 3.74. The Hall–Kier alpha value is -0.620. The van der Waals surface area contributed by atoms with Gasteiger partial charge in [0.1, 0.15) is 0 Å². The Balaban J connectivity index is 2.66. The number of hydrogen-bond acceptors (Lipinski definition) is 4. The molecule has 100 valence electrons. The summed E-state index contributed by atoms with van der Waals surface area (Å²) < 4.78 is 22.6. The van der Waals surface area contributed by atoms with E-state index >= 15 is 0 Å². The number of carbonyl (C=O) groups excluding carboxylic acids is 1. The third-order valence-corrected chi connectivity index (χ3v) is 5.50. The van der Waals surface area contributed by atoms with Crippen molar-refractivity contribution in [1.29, 1.82) is 0 Å². The van der Waals surface area contributed by atoms with Gasteiger partial charge in [-0.1, -0.05) is 13.8 Å². The summed E-state index contributed by atoms with van der Waals surface area (Å²) >= 11 is 0. The van der Waals surface area contributed by atoms with Crippen molar-refractivity contribution in [3.05, 3.63) is 0 Å². The molecular formula is C11H22N2O3S. The van der Waals surface area contributed by atoms with Gasteiger partial charge in [-0.15, -0.1) is 0 Å². The normalized spacial score (nSPS) is 23.6. The van der Waals surface area contributed by atoms with E-state index in [4.69, 9.17) is 5.73 Å². The van der Waals surface area contributed by atoms with Crippen LogP contribution in [0.4, 0.5) is 0 Å². The molecule has 1 aliphatic heterocycles. The zero-order valence-corrected chi connectivity index (χ0v) is 11.3. The molecule has 1 aliphatic rings. The van der Waals surface area contributed by atoms with Crippen LogP contribution in [0.5, 0.6) is 0 Å². The second-order valence-electron chi connectivity index (χ2n) is 4.78. The highest BCUT2D eigenvalue weighted by Crippen LogP contribution is 2.21. The molecule has 0 aromatic carbocycles. The number of nitrogens with one attached hydrogen (secondary N) is 1. The van der Waals surface area contributed by atoms with E-state index in [1.54, 1.807) is 0 Å². The summed E-state index contributed by atoms with van der Waals surface area (Å²) in [5.41, 5.74) is 5.31. The van der Waals surface area contributed by atoms with Crippen LogP contribution in [0, 0.1) is 5.92 Å². The van der Waals surface area contributed by atoms with Crippen LogP contribution in [0.25, 0.3) is 0 Å². The Kier molecular flexibility index (Phi) is 4.55. The molecule has 0 aromatic rings. The van der Waals surface area contributed by atoms with E-state index in [2.05, 4.69) is 5.32 Å². The van der Waals surface area contributed by atoms with Crippen molar-refractivity contribution >= 4 is 15.7 Å². The van der Waals surface area contributed by atoms with Crippen molar-refractivity contribution in [2.24, 2.45) is 11.7 Å². The Morgan fingerprint density at radius 3 is 2.35 bits per heavy atom. The van der Waals surface area contributed by atoms with Crippen molar-refractivity contribution in [3.8, 4) is 0 Å². The summed E-state index contributed by atoms with van der Waals surface area (Å²) in [5, 5.41) is 2.93. The van der Waals surface area contributed by atoms with Gasteiger partial charge in [0.15, 0.2) is 9.84 Å². The van der Waals surface area contributed by atoms with Crippen LogP contribution >= 0.6 is 0 Å². The number of carbonyl (C=O) groups is 1. The lowest BCUT2D eigenvalue weighted by Gasteiger charge is -2.32. The minimum Gasteiger partial charge on any atom is -0.349 e. The number of rotatable bonds is 5. The summed E-state index contributed by atoms with van der Waals surface area (Å²) in [6.45, 7) is 4.33. The van der Waals surface area contributed by atoms with Crippen molar-refractivity contribution < 1.29 is 13.2 Å². The molecule has 5 nitrogen and oxygen atoms in total. The monoisotopic (exact) mass is 262 g/mol. The maximum Gasteiger partial charge on any atom is 0.224 e. The number of sulfone groups is 1. The maximum absolute atomic E-state index is 12.0. The van der Waals surface area contributed by atoms with Gasteiger partial charge in [0.2, 0.25) is 5.91 Å². The Labute approximate surface area is 103 Å². The Bertz CT molecular complexity index is 366. The number of amides is 1. The van der Waals surface area contributed by atoms with Gasteiger partial charge < -0.3 is 11.1 Å². The van der Waals surface area contributed by atoms with Gasteiger partial charge in [-0.3, -0.25) is 4.79 Å². The van der Waals surface area contributed by atoms with E-state index in [9.17, 15) is 13.2 Å². The lowest BCUT2D eigenvalue weighted by atomic mass is 9.92. The molecule has 17 heavy (non-hydrogen) atoms. The first kappa shape index (κ1) is 14.4. The standard InChI is InChI=1S/C11H22N2O3S/c1-3-11(4-2,8-12)13-10(14)9-5-6-17(15,16)7-9/h9H,3-8,12H2,1-2H3,(H,13,14). The number of nitrogens with two attached hydrogens (primary N) is 1. The molecular weight excluding hydrogens is 240 g/mol. The molecule has 1 atom stereocenters. The van der Waals surface area contributed by atoms with Crippen LogP contribution in [-0.2, 0) is 14.6 Å². The first-order valence-corrected chi connectivity index (χ1v) is 7.92. The molecule has 1 saturated heterocycles. The summed E-state index contributed by atoms with van der Waals surface area (Å²) in [7, 11) is -3.01. The van der Waals surface area contributed by atoms with Crippen LogP contribution in [-0.4, -0.2) is 37.9 Å². The molecule has 1 fully saturated rings. The summed E-state index contributed by atoms with van der Waals surface area (Å²) in [6.07, 6.45) is 1.94. The van der Waals surface area contributed by atoms with Gasteiger partial charge in [-0.25, -0.2) is 8.42 Å². The lowest BCUT2D eigenvalue weighted by molar-refractivity contribution is -0.126. The van der Waals surface area contributed by atoms with Crippen LogP contribution in [0.3, 0.4) is 0 Å². The van der Waals surface area contributed by atoms with Gasteiger partial charge in [0.05, 0.1) is 23.0 Å². The molecule has 1 rings (SSSR count). The van der Waals surface area contributed by atoms with Crippen molar-refractivity contribution in [3.63, 3.8) is 0 Å². The SMILES string of the molecule is CCC(CC)(CN)NC(=O)C1CCS(=O)(=O)C1. The van der Waals surface area contributed by atoms with Gasteiger partial charge >= 0.3 is 0 Å². The molecule has 0 aromatic heterocycles. The highest BCUT2D eigenvalue weighted by molar-refractivity contribution is 7.91. The molecule has 3 N–H and O–H groups in total. The first-order valence-electron chi connectivity index (χ1n) is 6.10. The molecule has 6 heteroatoms. The second-order valence-corrected chi connectivity index (χ2v) is 7.01. The zero-order chi connectivity index (χ0) is 13.1. The third kappa shape index (κ3) is 3.42. The van der Waals surface area contributed by atoms with Crippen LogP contribution in [0.1, 0.15) is 33.1 Å². The fraction of sp³-hybridized carbons (Fsp3) is 0.909. The average Bonchev–Trinajstić information content (AvgIpc) is 2.67. The highest BCUT2D eigenvalue weighted by atomic mass is 32.2. The smallest absolute Gasteiger partial charge is 0.224 e. The summed E-state index contributed by atoms with van der Waals surface area (Å²) in [6, 6.07) is 0. The average molecular weight is 262 g/mol. The predicted molar refractivity (Wildman–Crippen MR) is 67.3 cm³/mol. The molecule has 1 amide bonds. The zero-order valence-electron chi connectivity index (χ0n) is 10.5. The molecule has 0 aliphatic carbocycles. The van der Waals surface area contributed by atoms with Crippen LogP contribution < -0.4 is 11.1 Å². The van der Waals surface area contributed by atoms with Gasteiger partial charge in [-0.2, -0.15) is 0 Å². The quantitative estimate of drug-likeness (QED) is 0.733. The largest absolute Gasteiger partial charge is 0.349 e. The minimum absolute atomic E-state index is 0.0209. The van der Waals surface area contributed by atoms with E-state index in [1.165, 1.54) is 0 Å². The van der Waals surface area contributed by atoms with Gasteiger partial charge in [-0.05, 0) is 19.3 Å². The molecule has 1 unspecified atom stereocenters. The first-order chi connectivity index (χ1) is 7.88. The second kappa shape index (κ2) is 5.35. The fourth-order valence-electron chi connectivity index (χ4n) is 2.13. The van der Waals surface area contributed by atoms with E-state index in [0.717, 1.165) is 12.8 Å². The lowest BCUT2D eigenvalue weighted by Crippen LogP contribution is -2.54. The number of hydrogen-bond donors (Lipinski definition) is 2. The van der Waals surface area contributed by atoms with Gasteiger partial charge in [0, 0.05) is 6.54 Å². The Morgan fingerprint density at radius 2 is 2.00 bits per heavy atom. The fourth-order valence-corrected chi connectivity index (χ4v) is 3.87. The molecule has 0 spiro atoms. The van der Waals surface area contributed by atoms with E-state index in [1.807, 2.05) is 13.8 Å². The molecule has 0 bridgehead atoms. The Morgan fingerprint density at radius 1 is 1.41 bits per heavy atom. The summed E-state index contributed by atoms with van der Waals surface area (Å²) in [4.78, 5) is 12.0. The summed E-state index contributed by atoms with van der Waals surface area (Å²) in [5.74, 6) is -0.462. The van der Waals surface area contributed by atoms with Crippen LogP contribution in [0.2, 0.25) is 0 Å². The minimum atomic E-state index is -3.01. The van der Waals surface area contributed by atoms with Crippen LogP contribution in [0.15, 0.2) is 0 Å². The van der Waals surface area contributed by atoms with Crippen molar-refractivity contribution in [2.45, 2.75) is 38.6 Å².